The van der Waals surface area contributed by atoms with E-state index in [2.05, 4.69) is 15.6 Å². The van der Waals surface area contributed by atoms with Gasteiger partial charge in [0.2, 0.25) is 5.91 Å². The maximum atomic E-state index is 12.0. The highest BCUT2D eigenvalue weighted by molar-refractivity contribution is 7.09. The zero-order chi connectivity index (χ0) is 14.5. The Morgan fingerprint density at radius 2 is 2.25 bits per heavy atom. The summed E-state index contributed by atoms with van der Waals surface area (Å²) < 4.78 is 0. The summed E-state index contributed by atoms with van der Waals surface area (Å²) in [6.07, 6.45) is 0. The summed E-state index contributed by atoms with van der Waals surface area (Å²) >= 11 is 1.62. The third kappa shape index (κ3) is 3.65. The van der Waals surface area contributed by atoms with Crippen molar-refractivity contribution < 1.29 is 4.79 Å². The average molecular weight is 289 g/mol. The highest BCUT2D eigenvalue weighted by atomic mass is 32.1. The Morgan fingerprint density at radius 1 is 1.45 bits per heavy atom. The second-order valence-electron chi connectivity index (χ2n) is 4.78. The van der Waals surface area contributed by atoms with Gasteiger partial charge in [-0.3, -0.25) is 4.79 Å². The molecule has 0 spiro atoms. The average Bonchev–Trinajstić information content (AvgIpc) is 2.86. The number of benzene rings is 1. The molecule has 106 valence electrons. The van der Waals surface area contributed by atoms with Gasteiger partial charge in [-0.25, -0.2) is 4.98 Å². The molecule has 0 fully saturated rings. The van der Waals surface area contributed by atoms with Crippen LogP contribution in [0, 0.1) is 12.8 Å². The van der Waals surface area contributed by atoms with Crippen molar-refractivity contribution in [1.82, 2.24) is 10.3 Å². The van der Waals surface area contributed by atoms with Crippen LogP contribution in [0.4, 0.5) is 5.69 Å². The Hall–Kier alpha value is -1.72. The molecule has 1 unspecified atom stereocenters. The Labute approximate surface area is 123 Å². The van der Waals surface area contributed by atoms with Crippen molar-refractivity contribution in [1.29, 1.82) is 0 Å². The minimum Gasteiger partial charge on any atom is -0.326 e. The van der Waals surface area contributed by atoms with Crippen LogP contribution >= 0.6 is 11.3 Å². The predicted molar refractivity (Wildman–Crippen MR) is 84.0 cm³/mol. The second kappa shape index (κ2) is 6.63. The molecule has 1 amide bonds. The van der Waals surface area contributed by atoms with Crippen LogP contribution in [0.3, 0.4) is 0 Å². The molecule has 0 saturated heterocycles. The van der Waals surface area contributed by atoms with Gasteiger partial charge in [0.05, 0.1) is 10.7 Å². The van der Waals surface area contributed by atoms with Crippen LogP contribution in [-0.4, -0.2) is 24.5 Å². The van der Waals surface area contributed by atoms with Crippen LogP contribution in [0.5, 0.6) is 0 Å². The SMILES string of the molecule is CNCC(C)C(=O)Nc1cccc(-c2csc(C)n2)c1. The summed E-state index contributed by atoms with van der Waals surface area (Å²) in [5, 5.41) is 9.01. The Morgan fingerprint density at radius 3 is 2.90 bits per heavy atom. The molecule has 1 heterocycles. The highest BCUT2D eigenvalue weighted by Gasteiger charge is 2.12. The lowest BCUT2D eigenvalue weighted by molar-refractivity contribution is -0.119. The monoisotopic (exact) mass is 289 g/mol. The molecule has 2 rings (SSSR count). The lowest BCUT2D eigenvalue weighted by Crippen LogP contribution is -2.28. The van der Waals surface area contributed by atoms with Gasteiger partial charge in [0.25, 0.3) is 0 Å². The number of thiazole rings is 1. The van der Waals surface area contributed by atoms with E-state index in [1.807, 2.05) is 50.5 Å². The number of rotatable bonds is 5. The van der Waals surface area contributed by atoms with E-state index in [0.29, 0.717) is 6.54 Å². The number of carbonyl (C=O) groups excluding carboxylic acids is 1. The van der Waals surface area contributed by atoms with Crippen molar-refractivity contribution in [3.63, 3.8) is 0 Å². The zero-order valence-corrected chi connectivity index (χ0v) is 12.8. The molecular weight excluding hydrogens is 270 g/mol. The molecule has 1 atom stereocenters. The fourth-order valence-corrected chi connectivity index (χ4v) is 2.54. The largest absolute Gasteiger partial charge is 0.326 e. The standard InChI is InChI=1S/C15H19N3OS/c1-10(8-16-3)15(19)18-13-6-4-5-12(7-13)14-9-20-11(2)17-14/h4-7,9-10,16H,8H2,1-3H3,(H,18,19). The summed E-state index contributed by atoms with van der Waals surface area (Å²) in [6.45, 7) is 4.55. The molecule has 20 heavy (non-hydrogen) atoms. The Balaban J connectivity index is 2.12. The maximum Gasteiger partial charge on any atom is 0.228 e. The van der Waals surface area contributed by atoms with Crippen molar-refractivity contribution in [3.8, 4) is 11.3 Å². The van der Waals surface area contributed by atoms with Crippen LogP contribution in [0.25, 0.3) is 11.3 Å². The number of nitrogens with one attached hydrogen (secondary N) is 2. The summed E-state index contributed by atoms with van der Waals surface area (Å²) in [6, 6.07) is 7.79. The smallest absolute Gasteiger partial charge is 0.228 e. The molecule has 0 aliphatic rings. The van der Waals surface area contributed by atoms with Crippen molar-refractivity contribution >= 4 is 22.9 Å². The summed E-state index contributed by atoms with van der Waals surface area (Å²) in [5.41, 5.74) is 2.78. The van der Waals surface area contributed by atoms with Crippen LogP contribution in [0.2, 0.25) is 0 Å². The molecule has 0 bridgehead atoms. The summed E-state index contributed by atoms with van der Waals surface area (Å²) in [5.74, 6) is -0.0452. The van der Waals surface area contributed by atoms with Gasteiger partial charge >= 0.3 is 0 Å². The van der Waals surface area contributed by atoms with Gasteiger partial charge in [0.1, 0.15) is 0 Å². The highest BCUT2D eigenvalue weighted by Crippen LogP contribution is 2.24. The van der Waals surface area contributed by atoms with Crippen molar-refractivity contribution in [2.45, 2.75) is 13.8 Å². The van der Waals surface area contributed by atoms with E-state index < -0.39 is 0 Å². The first kappa shape index (κ1) is 14.7. The van der Waals surface area contributed by atoms with E-state index in [4.69, 9.17) is 0 Å². The number of aromatic nitrogens is 1. The maximum absolute atomic E-state index is 12.0. The van der Waals surface area contributed by atoms with Gasteiger partial charge in [0.15, 0.2) is 0 Å². The quantitative estimate of drug-likeness (QED) is 0.890. The molecular formula is C15H19N3OS. The molecule has 5 heteroatoms. The number of aryl methyl sites for hydroxylation is 1. The molecule has 2 aromatic rings. The fourth-order valence-electron chi connectivity index (χ4n) is 1.92. The van der Waals surface area contributed by atoms with Gasteiger partial charge < -0.3 is 10.6 Å². The van der Waals surface area contributed by atoms with Crippen molar-refractivity contribution in [3.05, 3.63) is 34.7 Å². The van der Waals surface area contributed by atoms with Crippen LogP contribution in [0.1, 0.15) is 11.9 Å². The van der Waals surface area contributed by atoms with E-state index in [9.17, 15) is 4.79 Å². The minimum absolute atomic E-state index is 0.0194. The number of amides is 1. The van der Waals surface area contributed by atoms with Crippen LogP contribution in [-0.2, 0) is 4.79 Å². The van der Waals surface area contributed by atoms with E-state index in [0.717, 1.165) is 22.0 Å². The van der Waals surface area contributed by atoms with E-state index >= 15 is 0 Å². The van der Waals surface area contributed by atoms with E-state index in [-0.39, 0.29) is 11.8 Å². The van der Waals surface area contributed by atoms with Gasteiger partial charge in [-0.1, -0.05) is 19.1 Å². The fraction of sp³-hybridized carbons (Fsp3) is 0.333. The third-order valence-electron chi connectivity index (χ3n) is 3.00. The lowest BCUT2D eigenvalue weighted by Gasteiger charge is -2.12. The van der Waals surface area contributed by atoms with Crippen molar-refractivity contribution in [2.75, 3.05) is 18.9 Å². The van der Waals surface area contributed by atoms with E-state index in [1.165, 1.54) is 0 Å². The minimum atomic E-state index is -0.0647. The van der Waals surface area contributed by atoms with Crippen LogP contribution < -0.4 is 10.6 Å². The Bertz CT molecular complexity index is 594. The van der Waals surface area contributed by atoms with Gasteiger partial charge in [0, 0.05) is 29.1 Å². The molecule has 0 aliphatic heterocycles. The normalized spacial score (nSPS) is 12.2. The van der Waals surface area contributed by atoms with Gasteiger partial charge in [-0.05, 0) is 26.1 Å². The molecule has 0 radical (unpaired) electrons. The number of carbonyl (C=O) groups is 1. The summed E-state index contributed by atoms with van der Waals surface area (Å²) in [4.78, 5) is 16.5. The number of anilines is 1. The molecule has 4 nitrogen and oxygen atoms in total. The van der Waals surface area contributed by atoms with E-state index in [1.54, 1.807) is 11.3 Å². The van der Waals surface area contributed by atoms with Crippen molar-refractivity contribution in [2.24, 2.45) is 5.92 Å². The van der Waals surface area contributed by atoms with Gasteiger partial charge in [-0.2, -0.15) is 0 Å². The number of hydrogen-bond donors (Lipinski definition) is 2. The first-order chi connectivity index (χ1) is 9.60. The summed E-state index contributed by atoms with van der Waals surface area (Å²) in [7, 11) is 1.84. The van der Waals surface area contributed by atoms with Gasteiger partial charge in [-0.15, -0.1) is 11.3 Å². The molecule has 1 aromatic heterocycles. The molecule has 2 N–H and O–H groups in total. The predicted octanol–water partition coefficient (Wildman–Crippen LogP) is 2.91. The number of hydrogen-bond acceptors (Lipinski definition) is 4. The Kier molecular flexibility index (Phi) is 4.87. The molecule has 1 aromatic carbocycles. The first-order valence-electron chi connectivity index (χ1n) is 6.58. The topological polar surface area (TPSA) is 54.0 Å². The zero-order valence-electron chi connectivity index (χ0n) is 11.9. The van der Waals surface area contributed by atoms with Crippen LogP contribution in [0.15, 0.2) is 29.6 Å². The molecule has 0 aliphatic carbocycles. The number of nitrogens with zero attached hydrogens (tertiary/aromatic N) is 1. The first-order valence-corrected chi connectivity index (χ1v) is 7.46. The molecule has 0 saturated carbocycles. The third-order valence-corrected chi connectivity index (χ3v) is 3.78. The lowest BCUT2D eigenvalue weighted by atomic mass is 10.1. The second-order valence-corrected chi connectivity index (χ2v) is 5.84.